The van der Waals surface area contributed by atoms with Crippen LogP contribution in [0, 0.1) is 5.92 Å². The molecule has 10 heteroatoms. The first-order chi connectivity index (χ1) is 14.4. The zero-order valence-electron chi connectivity index (χ0n) is 16.7. The first kappa shape index (κ1) is 21.7. The Kier molecular flexibility index (Phi) is 6.99. The van der Waals surface area contributed by atoms with Crippen molar-refractivity contribution in [2.24, 2.45) is 5.92 Å². The number of rotatable bonds is 7. The van der Waals surface area contributed by atoms with E-state index in [1.165, 1.54) is 0 Å². The van der Waals surface area contributed by atoms with Crippen molar-refractivity contribution in [3.8, 4) is 0 Å². The molecule has 2 N–H and O–H groups in total. The van der Waals surface area contributed by atoms with Crippen molar-refractivity contribution < 1.29 is 28.7 Å². The Labute approximate surface area is 178 Å². The fourth-order valence-electron chi connectivity index (χ4n) is 3.22. The summed E-state index contributed by atoms with van der Waals surface area (Å²) in [4.78, 5) is 51.2. The highest BCUT2D eigenvalue weighted by Gasteiger charge is 2.36. The molecular weight excluding hydrogens is 410 g/mol. The van der Waals surface area contributed by atoms with Crippen LogP contribution >= 0.6 is 11.8 Å². The number of benzene rings is 1. The molecule has 2 heterocycles. The van der Waals surface area contributed by atoms with Crippen LogP contribution in [0.25, 0.3) is 0 Å². The van der Waals surface area contributed by atoms with Gasteiger partial charge in [-0.1, -0.05) is 6.07 Å². The second-order valence-corrected chi connectivity index (χ2v) is 7.58. The van der Waals surface area contributed by atoms with Gasteiger partial charge in [0, 0.05) is 23.5 Å². The molecule has 2 aliphatic heterocycles. The number of amides is 3. The van der Waals surface area contributed by atoms with Crippen LogP contribution in [0.15, 0.2) is 40.4 Å². The molecule has 3 rings (SSSR count). The van der Waals surface area contributed by atoms with Gasteiger partial charge in [0.2, 0.25) is 5.91 Å². The lowest BCUT2D eigenvalue weighted by Gasteiger charge is -2.21. The number of ether oxygens (including phenoxy) is 2. The summed E-state index contributed by atoms with van der Waals surface area (Å²) in [6, 6.07) is 7.04. The molecule has 3 amide bonds. The zero-order valence-corrected chi connectivity index (χ0v) is 17.5. The van der Waals surface area contributed by atoms with Crippen LogP contribution in [0.1, 0.15) is 13.3 Å². The maximum Gasteiger partial charge on any atom is 0.337 e. The van der Waals surface area contributed by atoms with E-state index in [0.717, 1.165) is 10.6 Å². The third-order valence-electron chi connectivity index (χ3n) is 4.76. The van der Waals surface area contributed by atoms with E-state index in [0.29, 0.717) is 0 Å². The van der Waals surface area contributed by atoms with Crippen LogP contribution < -0.4 is 15.5 Å². The normalized spacial score (nSPS) is 18.7. The summed E-state index contributed by atoms with van der Waals surface area (Å²) >= 11 is 1.57. The first-order valence-corrected chi connectivity index (χ1v) is 10.7. The predicted molar refractivity (Wildman–Crippen MR) is 110 cm³/mol. The molecule has 0 spiro atoms. The zero-order chi connectivity index (χ0) is 21.7. The number of nitrogens with one attached hydrogen (secondary N) is 2. The van der Waals surface area contributed by atoms with Crippen LogP contribution in [0.3, 0.4) is 0 Å². The van der Waals surface area contributed by atoms with Crippen LogP contribution in [0.5, 0.6) is 0 Å². The number of hydrogen-bond donors (Lipinski definition) is 2. The van der Waals surface area contributed by atoms with E-state index in [2.05, 4.69) is 10.6 Å². The Morgan fingerprint density at radius 1 is 1.27 bits per heavy atom. The van der Waals surface area contributed by atoms with Gasteiger partial charge in [-0.25, -0.2) is 9.59 Å². The van der Waals surface area contributed by atoms with E-state index in [-0.39, 0.29) is 49.9 Å². The van der Waals surface area contributed by atoms with Crippen molar-refractivity contribution in [1.82, 2.24) is 10.6 Å². The lowest BCUT2D eigenvalue weighted by Crippen LogP contribution is -2.45. The maximum atomic E-state index is 12.5. The highest BCUT2D eigenvalue weighted by Crippen LogP contribution is 2.28. The number of carbonyl (C=O) groups excluding carboxylic acids is 4. The van der Waals surface area contributed by atoms with Gasteiger partial charge in [0.1, 0.15) is 6.61 Å². The van der Waals surface area contributed by atoms with Gasteiger partial charge in [-0.3, -0.25) is 9.59 Å². The molecule has 1 atom stereocenters. The third kappa shape index (κ3) is 4.93. The lowest BCUT2D eigenvalue weighted by molar-refractivity contribution is -0.147. The molecule has 9 nitrogen and oxygen atoms in total. The highest BCUT2D eigenvalue weighted by atomic mass is 32.2. The average molecular weight is 433 g/mol. The Morgan fingerprint density at radius 2 is 2.07 bits per heavy atom. The van der Waals surface area contributed by atoms with E-state index in [4.69, 9.17) is 9.47 Å². The van der Waals surface area contributed by atoms with Crippen LogP contribution in [0.4, 0.5) is 10.5 Å². The van der Waals surface area contributed by atoms with Crippen molar-refractivity contribution in [1.29, 1.82) is 0 Å². The Balaban J connectivity index is 1.65. The Morgan fingerprint density at radius 3 is 2.80 bits per heavy atom. The van der Waals surface area contributed by atoms with Gasteiger partial charge in [0.15, 0.2) is 0 Å². The van der Waals surface area contributed by atoms with E-state index < -0.39 is 23.9 Å². The number of anilines is 1. The standard InChI is InChI=1S/C20H23N3O6S/c1-3-28-19(26)15-9-21-20(27)22-16(15)11-29-18(25)12-7-17(24)23(10-12)13-5-4-6-14(8-13)30-2/h4-6,8,12H,3,7,9-11H2,1-2H3,(H2,21,22,27). The van der Waals surface area contributed by atoms with Gasteiger partial charge in [-0.2, -0.15) is 0 Å². The minimum absolute atomic E-state index is 0.0149. The number of carbonyl (C=O) groups is 4. The predicted octanol–water partition coefficient (Wildman–Crippen LogP) is 1.43. The van der Waals surface area contributed by atoms with E-state index in [9.17, 15) is 19.2 Å². The largest absolute Gasteiger partial charge is 0.463 e. The van der Waals surface area contributed by atoms with Gasteiger partial charge < -0.3 is 25.0 Å². The number of esters is 2. The van der Waals surface area contributed by atoms with Gasteiger partial charge >= 0.3 is 18.0 Å². The molecule has 0 aromatic heterocycles. The molecule has 1 fully saturated rings. The van der Waals surface area contributed by atoms with Crippen molar-refractivity contribution in [2.45, 2.75) is 18.2 Å². The van der Waals surface area contributed by atoms with E-state index >= 15 is 0 Å². The number of urea groups is 1. The number of thioether (sulfide) groups is 1. The number of hydrogen-bond acceptors (Lipinski definition) is 7. The molecule has 0 saturated carbocycles. The molecule has 160 valence electrons. The van der Waals surface area contributed by atoms with E-state index in [1.54, 1.807) is 23.6 Å². The van der Waals surface area contributed by atoms with Gasteiger partial charge in [0.05, 0.1) is 30.3 Å². The number of nitrogens with zero attached hydrogens (tertiary/aromatic N) is 1. The minimum atomic E-state index is -0.625. The summed E-state index contributed by atoms with van der Waals surface area (Å²) < 4.78 is 10.3. The topological polar surface area (TPSA) is 114 Å². The summed E-state index contributed by atoms with van der Waals surface area (Å²) in [5, 5.41) is 4.96. The second-order valence-electron chi connectivity index (χ2n) is 6.70. The Bertz CT molecular complexity index is 900. The van der Waals surface area contributed by atoms with Gasteiger partial charge in [-0.15, -0.1) is 11.8 Å². The molecule has 1 saturated heterocycles. The van der Waals surface area contributed by atoms with Crippen LogP contribution in [-0.4, -0.2) is 56.4 Å². The monoisotopic (exact) mass is 433 g/mol. The SMILES string of the molecule is CCOC(=O)C1=C(COC(=O)C2CC(=O)N(c3cccc(SC)c3)C2)NC(=O)NC1. The van der Waals surface area contributed by atoms with Crippen molar-refractivity contribution >= 4 is 41.3 Å². The molecule has 1 aromatic carbocycles. The smallest absolute Gasteiger partial charge is 0.337 e. The first-order valence-electron chi connectivity index (χ1n) is 9.48. The summed E-state index contributed by atoms with van der Waals surface area (Å²) in [5.41, 5.74) is 1.11. The van der Waals surface area contributed by atoms with Crippen molar-refractivity contribution in [3.05, 3.63) is 35.5 Å². The maximum absolute atomic E-state index is 12.5. The summed E-state index contributed by atoms with van der Waals surface area (Å²) in [5.74, 6) is -1.93. The Hall–Kier alpha value is -3.01. The van der Waals surface area contributed by atoms with Crippen molar-refractivity contribution in [3.63, 3.8) is 0 Å². The highest BCUT2D eigenvalue weighted by molar-refractivity contribution is 7.98. The fraction of sp³-hybridized carbons (Fsp3) is 0.400. The lowest BCUT2D eigenvalue weighted by atomic mass is 10.1. The molecule has 0 radical (unpaired) electrons. The summed E-state index contributed by atoms with van der Waals surface area (Å²) in [6.07, 6.45) is 1.99. The molecular formula is C20H23N3O6S. The summed E-state index contributed by atoms with van der Waals surface area (Å²) in [7, 11) is 0. The minimum Gasteiger partial charge on any atom is -0.463 e. The molecule has 1 unspecified atom stereocenters. The molecule has 0 bridgehead atoms. The third-order valence-corrected chi connectivity index (χ3v) is 5.48. The molecule has 2 aliphatic rings. The molecule has 1 aromatic rings. The average Bonchev–Trinajstić information content (AvgIpc) is 3.14. The van der Waals surface area contributed by atoms with E-state index in [1.807, 2.05) is 30.5 Å². The quantitative estimate of drug-likeness (QED) is 0.494. The van der Waals surface area contributed by atoms with Gasteiger partial charge in [0.25, 0.3) is 0 Å². The van der Waals surface area contributed by atoms with Crippen LogP contribution in [0.2, 0.25) is 0 Å². The second kappa shape index (κ2) is 9.66. The molecule has 0 aliphatic carbocycles. The van der Waals surface area contributed by atoms with Crippen LogP contribution in [-0.2, 0) is 23.9 Å². The van der Waals surface area contributed by atoms with Gasteiger partial charge in [-0.05, 0) is 31.4 Å². The summed E-state index contributed by atoms with van der Waals surface area (Å²) in [6.45, 7) is 1.77. The fourth-order valence-corrected chi connectivity index (χ4v) is 3.68. The van der Waals surface area contributed by atoms with Crippen molar-refractivity contribution in [2.75, 3.05) is 37.5 Å². The molecule has 30 heavy (non-hydrogen) atoms.